The highest BCUT2D eigenvalue weighted by Gasteiger charge is 2.06. The summed E-state index contributed by atoms with van der Waals surface area (Å²) in [5.74, 6) is 0.626. The number of aryl methyl sites for hydroxylation is 1. The number of pyridine rings is 1. The molecule has 0 saturated carbocycles. The van der Waals surface area contributed by atoms with Gasteiger partial charge in [0.15, 0.2) is 11.5 Å². The average molecular weight is 380 g/mol. The maximum atomic E-state index is 12.2. The van der Waals surface area contributed by atoms with Gasteiger partial charge in [0.25, 0.3) is 5.56 Å². The highest BCUT2D eigenvalue weighted by Crippen LogP contribution is 2.27. The summed E-state index contributed by atoms with van der Waals surface area (Å²) in [7, 11) is 3.10. The standard InChI is InChI=1S/C21H20N2O5/c1-14-4-8-19-22-16(11-20(24)23(19)12-14)13-28-21(25)9-6-15-5-7-17(26-2)18(10-15)27-3/h4-12H,13H2,1-3H3/b9-6+. The van der Waals surface area contributed by atoms with E-state index in [1.54, 1.807) is 50.8 Å². The minimum absolute atomic E-state index is 0.0886. The highest BCUT2D eigenvalue weighted by molar-refractivity contribution is 5.87. The summed E-state index contributed by atoms with van der Waals surface area (Å²) in [6.45, 7) is 1.81. The van der Waals surface area contributed by atoms with Gasteiger partial charge in [0, 0.05) is 18.3 Å². The Kier molecular flexibility index (Phi) is 5.74. The Balaban J connectivity index is 1.67. The van der Waals surface area contributed by atoms with E-state index < -0.39 is 5.97 Å². The van der Waals surface area contributed by atoms with Gasteiger partial charge in [-0.2, -0.15) is 0 Å². The molecule has 0 spiro atoms. The molecular formula is C21H20N2O5. The van der Waals surface area contributed by atoms with Crippen molar-refractivity contribution in [3.63, 3.8) is 0 Å². The number of hydrogen-bond acceptors (Lipinski definition) is 6. The van der Waals surface area contributed by atoms with Gasteiger partial charge in [-0.05, 0) is 42.3 Å². The fourth-order valence-corrected chi connectivity index (χ4v) is 2.65. The lowest BCUT2D eigenvalue weighted by Gasteiger charge is -2.07. The Labute approximate surface area is 161 Å². The summed E-state index contributed by atoms with van der Waals surface area (Å²) in [4.78, 5) is 28.5. The molecule has 7 heteroatoms. The fraction of sp³-hybridized carbons (Fsp3) is 0.190. The first kappa shape index (κ1) is 19.2. The first-order chi connectivity index (χ1) is 13.5. The Morgan fingerprint density at radius 3 is 2.64 bits per heavy atom. The molecule has 0 amide bonds. The van der Waals surface area contributed by atoms with E-state index in [1.807, 2.05) is 13.0 Å². The van der Waals surface area contributed by atoms with Crippen LogP contribution in [0.3, 0.4) is 0 Å². The number of fused-ring (bicyclic) bond motifs is 1. The Hall–Kier alpha value is -3.61. The molecule has 0 aliphatic rings. The highest BCUT2D eigenvalue weighted by atomic mass is 16.5. The summed E-state index contributed by atoms with van der Waals surface area (Å²) < 4.78 is 17.0. The number of carbonyl (C=O) groups is 1. The number of benzene rings is 1. The molecule has 0 unspecified atom stereocenters. The van der Waals surface area contributed by atoms with Crippen LogP contribution in [-0.2, 0) is 16.1 Å². The molecule has 0 fully saturated rings. The normalized spacial score (nSPS) is 11.0. The molecule has 28 heavy (non-hydrogen) atoms. The molecule has 0 saturated heterocycles. The molecule has 0 aliphatic heterocycles. The van der Waals surface area contributed by atoms with Crippen molar-refractivity contribution in [1.29, 1.82) is 0 Å². The second-order valence-corrected chi connectivity index (χ2v) is 6.08. The molecule has 0 bridgehead atoms. The predicted octanol–water partition coefficient (Wildman–Crippen LogP) is 2.78. The molecule has 144 valence electrons. The van der Waals surface area contributed by atoms with Crippen LogP contribution in [0, 0.1) is 6.92 Å². The molecule has 0 N–H and O–H groups in total. The van der Waals surface area contributed by atoms with Gasteiger partial charge in [0.05, 0.1) is 19.9 Å². The van der Waals surface area contributed by atoms with Crippen molar-refractivity contribution >= 4 is 17.7 Å². The van der Waals surface area contributed by atoms with Crippen LogP contribution in [0.25, 0.3) is 11.7 Å². The van der Waals surface area contributed by atoms with Gasteiger partial charge in [-0.25, -0.2) is 9.78 Å². The Morgan fingerprint density at radius 1 is 1.11 bits per heavy atom. The molecule has 2 aromatic heterocycles. The van der Waals surface area contributed by atoms with E-state index in [4.69, 9.17) is 14.2 Å². The van der Waals surface area contributed by atoms with E-state index in [2.05, 4.69) is 4.98 Å². The van der Waals surface area contributed by atoms with E-state index in [0.717, 1.165) is 11.1 Å². The van der Waals surface area contributed by atoms with Crippen LogP contribution in [0.4, 0.5) is 0 Å². The van der Waals surface area contributed by atoms with Crippen LogP contribution in [-0.4, -0.2) is 29.6 Å². The smallest absolute Gasteiger partial charge is 0.331 e. The number of nitrogens with zero attached hydrogens (tertiary/aromatic N) is 2. The lowest BCUT2D eigenvalue weighted by atomic mass is 10.2. The molecule has 0 atom stereocenters. The van der Waals surface area contributed by atoms with Crippen LogP contribution in [0.15, 0.2) is 53.5 Å². The zero-order chi connectivity index (χ0) is 20.1. The van der Waals surface area contributed by atoms with Crippen molar-refractivity contribution in [3.05, 3.63) is 75.8 Å². The van der Waals surface area contributed by atoms with Gasteiger partial charge < -0.3 is 14.2 Å². The molecule has 0 aliphatic carbocycles. The second kappa shape index (κ2) is 8.39. The third kappa shape index (κ3) is 4.37. The largest absolute Gasteiger partial charge is 0.493 e. The van der Waals surface area contributed by atoms with Gasteiger partial charge in [0.2, 0.25) is 0 Å². The van der Waals surface area contributed by atoms with E-state index in [0.29, 0.717) is 22.8 Å². The van der Waals surface area contributed by atoms with E-state index in [9.17, 15) is 9.59 Å². The molecule has 7 nitrogen and oxygen atoms in total. The summed E-state index contributed by atoms with van der Waals surface area (Å²) >= 11 is 0. The maximum Gasteiger partial charge on any atom is 0.331 e. The number of esters is 1. The van der Waals surface area contributed by atoms with Crippen LogP contribution in [0.5, 0.6) is 11.5 Å². The first-order valence-electron chi connectivity index (χ1n) is 8.56. The van der Waals surface area contributed by atoms with E-state index >= 15 is 0 Å². The predicted molar refractivity (Wildman–Crippen MR) is 105 cm³/mol. The Bertz CT molecular complexity index is 1100. The van der Waals surface area contributed by atoms with Crippen molar-refractivity contribution in [2.45, 2.75) is 13.5 Å². The summed E-state index contributed by atoms with van der Waals surface area (Å²) in [5, 5.41) is 0. The van der Waals surface area contributed by atoms with Crippen molar-refractivity contribution in [3.8, 4) is 11.5 Å². The molecule has 3 aromatic rings. The number of aromatic nitrogens is 2. The summed E-state index contributed by atoms with van der Waals surface area (Å²) in [6, 6.07) is 10.3. The zero-order valence-electron chi connectivity index (χ0n) is 15.8. The minimum atomic E-state index is -0.541. The van der Waals surface area contributed by atoms with Crippen LogP contribution in [0.1, 0.15) is 16.8 Å². The fourth-order valence-electron chi connectivity index (χ4n) is 2.65. The minimum Gasteiger partial charge on any atom is -0.493 e. The van der Waals surface area contributed by atoms with Gasteiger partial charge in [-0.1, -0.05) is 12.1 Å². The monoisotopic (exact) mass is 380 g/mol. The number of carbonyl (C=O) groups excluding carboxylic acids is 1. The van der Waals surface area contributed by atoms with Crippen LogP contribution >= 0.6 is 0 Å². The quantitative estimate of drug-likeness (QED) is 0.483. The van der Waals surface area contributed by atoms with Crippen LogP contribution in [0.2, 0.25) is 0 Å². The molecule has 0 radical (unpaired) electrons. The van der Waals surface area contributed by atoms with Crippen LogP contribution < -0.4 is 15.0 Å². The third-order valence-corrected chi connectivity index (χ3v) is 4.04. The van der Waals surface area contributed by atoms with Crippen molar-refractivity contribution in [2.75, 3.05) is 14.2 Å². The second-order valence-electron chi connectivity index (χ2n) is 6.08. The number of rotatable bonds is 6. The summed E-state index contributed by atoms with van der Waals surface area (Å²) in [6.07, 6.45) is 4.63. The lowest BCUT2D eigenvalue weighted by molar-refractivity contribution is -0.139. The van der Waals surface area contributed by atoms with E-state index in [1.165, 1.54) is 16.5 Å². The molecule has 3 rings (SSSR count). The maximum absolute atomic E-state index is 12.2. The summed E-state index contributed by atoms with van der Waals surface area (Å²) in [5.41, 5.74) is 2.38. The van der Waals surface area contributed by atoms with Gasteiger partial charge in [0.1, 0.15) is 12.3 Å². The first-order valence-corrected chi connectivity index (χ1v) is 8.56. The number of methoxy groups -OCH3 is 2. The average Bonchev–Trinajstić information content (AvgIpc) is 2.71. The SMILES string of the molecule is COc1ccc(/C=C/C(=O)OCc2cc(=O)n3cc(C)ccc3n2)cc1OC. The van der Waals surface area contributed by atoms with Gasteiger partial charge in [-0.15, -0.1) is 0 Å². The third-order valence-electron chi connectivity index (χ3n) is 4.04. The molecule has 2 heterocycles. The molecule has 1 aromatic carbocycles. The molecular weight excluding hydrogens is 360 g/mol. The van der Waals surface area contributed by atoms with Gasteiger partial charge in [-0.3, -0.25) is 9.20 Å². The van der Waals surface area contributed by atoms with Crippen molar-refractivity contribution in [1.82, 2.24) is 9.38 Å². The Morgan fingerprint density at radius 2 is 1.89 bits per heavy atom. The zero-order valence-corrected chi connectivity index (χ0v) is 15.8. The van der Waals surface area contributed by atoms with E-state index in [-0.39, 0.29) is 12.2 Å². The lowest BCUT2D eigenvalue weighted by Crippen LogP contribution is -2.16. The number of hydrogen-bond donors (Lipinski definition) is 0. The van der Waals surface area contributed by atoms with Gasteiger partial charge >= 0.3 is 5.97 Å². The van der Waals surface area contributed by atoms with Crippen molar-refractivity contribution < 1.29 is 19.0 Å². The number of ether oxygens (including phenoxy) is 3. The van der Waals surface area contributed by atoms with Crippen molar-refractivity contribution in [2.24, 2.45) is 0 Å². The topological polar surface area (TPSA) is 79.1 Å².